The Balaban J connectivity index is 1.59. The molecule has 0 saturated carbocycles. The van der Waals surface area contributed by atoms with E-state index in [-0.39, 0.29) is 16.9 Å². The number of hydrogen-bond acceptors (Lipinski definition) is 4. The Morgan fingerprint density at radius 3 is 2.38 bits per heavy atom. The SMILES string of the molecule is CCC(C)Oc1cccc(C(=O)Nc2ccc(S(=O)(=O)NCCc3ccccc3)cc2)c1. The molecule has 3 aromatic rings. The molecule has 0 saturated heterocycles. The zero-order chi connectivity index (χ0) is 23.0. The highest BCUT2D eigenvalue weighted by atomic mass is 32.2. The Labute approximate surface area is 189 Å². The van der Waals surface area contributed by atoms with Crippen LogP contribution in [-0.4, -0.2) is 27.0 Å². The van der Waals surface area contributed by atoms with E-state index in [0.29, 0.717) is 30.0 Å². The molecule has 3 aromatic carbocycles. The number of amides is 1. The highest BCUT2D eigenvalue weighted by Gasteiger charge is 2.14. The van der Waals surface area contributed by atoms with Crippen molar-refractivity contribution in [1.29, 1.82) is 0 Å². The van der Waals surface area contributed by atoms with Crippen LogP contribution in [0.4, 0.5) is 5.69 Å². The Bertz CT molecular complexity index is 1130. The summed E-state index contributed by atoms with van der Waals surface area (Å²) in [6.07, 6.45) is 1.53. The second kappa shape index (κ2) is 10.9. The van der Waals surface area contributed by atoms with Gasteiger partial charge in [0.1, 0.15) is 5.75 Å². The molecule has 0 radical (unpaired) electrons. The molecule has 0 bridgehead atoms. The first-order valence-corrected chi connectivity index (χ1v) is 12.1. The minimum atomic E-state index is -3.63. The molecular formula is C25H28N2O4S. The molecule has 2 N–H and O–H groups in total. The van der Waals surface area contributed by atoms with Gasteiger partial charge in [-0.05, 0) is 67.8 Å². The third-order valence-corrected chi connectivity index (χ3v) is 6.46. The summed E-state index contributed by atoms with van der Waals surface area (Å²) >= 11 is 0. The van der Waals surface area contributed by atoms with Crippen molar-refractivity contribution < 1.29 is 17.9 Å². The third-order valence-electron chi connectivity index (χ3n) is 4.98. The van der Waals surface area contributed by atoms with Crippen LogP contribution < -0.4 is 14.8 Å². The fraction of sp³-hybridized carbons (Fsp3) is 0.240. The molecule has 7 heteroatoms. The van der Waals surface area contributed by atoms with E-state index < -0.39 is 10.0 Å². The highest BCUT2D eigenvalue weighted by Crippen LogP contribution is 2.19. The lowest BCUT2D eigenvalue weighted by molar-refractivity contribution is 0.102. The standard InChI is InChI=1S/C25H28N2O4S/c1-3-19(2)31-23-11-7-10-21(18-23)25(28)27-22-12-14-24(15-13-22)32(29,30)26-17-16-20-8-5-4-6-9-20/h4-15,18-19,26H,3,16-17H2,1-2H3,(H,27,28). The van der Waals surface area contributed by atoms with E-state index in [0.717, 1.165) is 12.0 Å². The lowest BCUT2D eigenvalue weighted by Gasteiger charge is -2.13. The van der Waals surface area contributed by atoms with Gasteiger partial charge in [0.05, 0.1) is 11.0 Å². The minimum Gasteiger partial charge on any atom is -0.491 e. The molecule has 1 amide bonds. The van der Waals surface area contributed by atoms with Crippen molar-refractivity contribution in [1.82, 2.24) is 4.72 Å². The van der Waals surface area contributed by atoms with Gasteiger partial charge in [-0.3, -0.25) is 4.79 Å². The minimum absolute atomic E-state index is 0.0594. The van der Waals surface area contributed by atoms with E-state index in [1.165, 1.54) is 12.1 Å². The Hall–Kier alpha value is -3.16. The quantitative estimate of drug-likeness (QED) is 0.469. The molecule has 3 rings (SSSR count). The van der Waals surface area contributed by atoms with Crippen molar-refractivity contribution in [2.75, 3.05) is 11.9 Å². The third kappa shape index (κ3) is 6.67. The van der Waals surface area contributed by atoms with Gasteiger partial charge in [0.15, 0.2) is 0 Å². The van der Waals surface area contributed by atoms with Crippen molar-refractivity contribution in [2.24, 2.45) is 0 Å². The summed E-state index contributed by atoms with van der Waals surface area (Å²) in [4.78, 5) is 12.7. The van der Waals surface area contributed by atoms with E-state index in [2.05, 4.69) is 10.0 Å². The maximum atomic E-state index is 12.6. The number of carbonyl (C=O) groups excluding carboxylic acids is 1. The summed E-state index contributed by atoms with van der Waals surface area (Å²) in [5, 5.41) is 2.79. The molecule has 1 atom stereocenters. The van der Waals surface area contributed by atoms with Gasteiger partial charge in [0.25, 0.3) is 5.91 Å². The number of sulfonamides is 1. The van der Waals surface area contributed by atoms with Gasteiger partial charge in [-0.1, -0.05) is 43.3 Å². The van der Waals surface area contributed by atoms with Crippen LogP contribution in [0.3, 0.4) is 0 Å². The van der Waals surface area contributed by atoms with Crippen molar-refractivity contribution >= 4 is 21.6 Å². The average Bonchev–Trinajstić information content (AvgIpc) is 2.80. The van der Waals surface area contributed by atoms with Crippen LogP contribution in [0.15, 0.2) is 83.8 Å². The summed E-state index contributed by atoms with van der Waals surface area (Å²) in [7, 11) is -3.63. The largest absolute Gasteiger partial charge is 0.491 e. The van der Waals surface area contributed by atoms with E-state index >= 15 is 0 Å². The van der Waals surface area contributed by atoms with E-state index in [9.17, 15) is 13.2 Å². The zero-order valence-corrected chi connectivity index (χ0v) is 19.1. The molecular weight excluding hydrogens is 424 g/mol. The maximum Gasteiger partial charge on any atom is 0.255 e. The molecule has 32 heavy (non-hydrogen) atoms. The zero-order valence-electron chi connectivity index (χ0n) is 18.2. The summed E-state index contributed by atoms with van der Waals surface area (Å²) in [5.74, 6) is 0.339. The second-order valence-corrected chi connectivity index (χ2v) is 9.24. The number of ether oxygens (including phenoxy) is 1. The number of hydrogen-bond donors (Lipinski definition) is 2. The lowest BCUT2D eigenvalue weighted by atomic mass is 10.2. The van der Waals surface area contributed by atoms with Gasteiger partial charge in [-0.15, -0.1) is 0 Å². The molecule has 0 spiro atoms. The summed E-state index contributed by atoms with van der Waals surface area (Å²) in [5.41, 5.74) is 2.03. The molecule has 6 nitrogen and oxygen atoms in total. The fourth-order valence-corrected chi connectivity index (χ4v) is 4.04. The lowest BCUT2D eigenvalue weighted by Crippen LogP contribution is -2.26. The van der Waals surface area contributed by atoms with E-state index in [1.807, 2.05) is 50.2 Å². The predicted octanol–water partition coefficient (Wildman–Crippen LogP) is 4.64. The molecule has 0 aliphatic carbocycles. The van der Waals surface area contributed by atoms with Crippen molar-refractivity contribution in [2.45, 2.75) is 37.7 Å². The van der Waals surface area contributed by atoms with Crippen LogP contribution in [0.2, 0.25) is 0 Å². The van der Waals surface area contributed by atoms with Crippen LogP contribution in [0, 0.1) is 0 Å². The van der Waals surface area contributed by atoms with Crippen LogP contribution >= 0.6 is 0 Å². The average molecular weight is 453 g/mol. The smallest absolute Gasteiger partial charge is 0.255 e. The Kier molecular flexibility index (Phi) is 8.03. The van der Waals surface area contributed by atoms with Crippen molar-refractivity contribution in [3.63, 3.8) is 0 Å². The van der Waals surface area contributed by atoms with Crippen molar-refractivity contribution in [3.8, 4) is 5.75 Å². The van der Waals surface area contributed by atoms with Gasteiger partial charge >= 0.3 is 0 Å². The molecule has 168 valence electrons. The summed E-state index contributed by atoms with van der Waals surface area (Å²) in [6, 6.07) is 22.7. The van der Waals surface area contributed by atoms with Crippen LogP contribution in [-0.2, 0) is 16.4 Å². The normalized spacial score (nSPS) is 12.2. The van der Waals surface area contributed by atoms with Gasteiger partial charge in [-0.2, -0.15) is 0 Å². The van der Waals surface area contributed by atoms with Gasteiger partial charge < -0.3 is 10.1 Å². The van der Waals surface area contributed by atoms with Gasteiger partial charge in [0.2, 0.25) is 10.0 Å². The molecule has 1 unspecified atom stereocenters. The van der Waals surface area contributed by atoms with Crippen LogP contribution in [0.5, 0.6) is 5.75 Å². The first-order valence-electron chi connectivity index (χ1n) is 10.6. The number of anilines is 1. The number of rotatable bonds is 10. The first-order chi connectivity index (χ1) is 15.4. The molecule has 0 aromatic heterocycles. The van der Waals surface area contributed by atoms with Gasteiger partial charge in [-0.25, -0.2) is 13.1 Å². The van der Waals surface area contributed by atoms with E-state index in [4.69, 9.17) is 4.74 Å². The Morgan fingerprint density at radius 2 is 1.69 bits per heavy atom. The molecule has 0 fully saturated rings. The Morgan fingerprint density at radius 1 is 0.969 bits per heavy atom. The molecule has 0 aliphatic rings. The fourth-order valence-electron chi connectivity index (χ4n) is 3.00. The predicted molar refractivity (Wildman–Crippen MR) is 127 cm³/mol. The highest BCUT2D eigenvalue weighted by molar-refractivity contribution is 7.89. The monoisotopic (exact) mass is 452 g/mol. The number of nitrogens with one attached hydrogen (secondary N) is 2. The van der Waals surface area contributed by atoms with Crippen LogP contribution in [0.25, 0.3) is 0 Å². The number of benzene rings is 3. The van der Waals surface area contributed by atoms with Crippen LogP contribution in [0.1, 0.15) is 36.2 Å². The summed E-state index contributed by atoms with van der Waals surface area (Å²) < 4.78 is 33.4. The topological polar surface area (TPSA) is 84.5 Å². The first kappa shape index (κ1) is 23.5. The van der Waals surface area contributed by atoms with Gasteiger partial charge in [0, 0.05) is 17.8 Å². The maximum absolute atomic E-state index is 12.6. The van der Waals surface area contributed by atoms with E-state index in [1.54, 1.807) is 30.3 Å². The van der Waals surface area contributed by atoms with Crippen molar-refractivity contribution in [3.05, 3.63) is 90.0 Å². The second-order valence-electron chi connectivity index (χ2n) is 7.48. The molecule has 0 aliphatic heterocycles. The molecule has 0 heterocycles. The number of carbonyl (C=O) groups is 1. The summed E-state index contributed by atoms with van der Waals surface area (Å²) in [6.45, 7) is 4.31.